The zero-order chi connectivity index (χ0) is 16.9. The Balaban J connectivity index is 1.63. The summed E-state index contributed by atoms with van der Waals surface area (Å²) in [7, 11) is 1.63. The molecule has 1 N–H and O–H groups in total. The molecule has 0 spiro atoms. The fraction of sp³-hybridized carbons (Fsp3) is 0.444. The van der Waals surface area contributed by atoms with E-state index in [4.69, 9.17) is 9.26 Å². The highest BCUT2D eigenvalue weighted by Gasteiger charge is 2.32. The maximum atomic E-state index is 12.6. The smallest absolute Gasteiger partial charge is 0.318 e. The highest BCUT2D eigenvalue weighted by molar-refractivity contribution is 5.75. The number of carbonyl (C=O) groups is 1. The normalized spacial score (nSPS) is 17.1. The van der Waals surface area contributed by atoms with Gasteiger partial charge in [0.2, 0.25) is 0 Å². The van der Waals surface area contributed by atoms with Crippen molar-refractivity contribution in [1.82, 2.24) is 15.4 Å². The Hall–Kier alpha value is -2.50. The van der Waals surface area contributed by atoms with Gasteiger partial charge in [0.05, 0.1) is 18.8 Å². The summed E-state index contributed by atoms with van der Waals surface area (Å²) in [6, 6.07) is 9.55. The predicted molar refractivity (Wildman–Crippen MR) is 89.8 cm³/mol. The van der Waals surface area contributed by atoms with Gasteiger partial charge in [0, 0.05) is 19.2 Å². The van der Waals surface area contributed by atoms with Crippen molar-refractivity contribution in [1.29, 1.82) is 0 Å². The third-order valence-electron chi connectivity index (χ3n) is 4.36. The SMILES string of the molecule is CCc1cc([C@H]2CCCN2C(=O)NCc2cccc(OC)c2)on1. The lowest BCUT2D eigenvalue weighted by Gasteiger charge is -2.23. The van der Waals surface area contributed by atoms with Crippen molar-refractivity contribution >= 4 is 6.03 Å². The van der Waals surface area contributed by atoms with Crippen molar-refractivity contribution < 1.29 is 14.1 Å². The van der Waals surface area contributed by atoms with Crippen LogP contribution in [0.5, 0.6) is 5.75 Å². The molecule has 1 aromatic heterocycles. The number of methoxy groups -OCH3 is 1. The van der Waals surface area contributed by atoms with Crippen LogP contribution in [-0.4, -0.2) is 29.7 Å². The van der Waals surface area contributed by atoms with E-state index in [9.17, 15) is 4.79 Å². The molecule has 0 bridgehead atoms. The van der Waals surface area contributed by atoms with Gasteiger partial charge < -0.3 is 19.5 Å². The molecule has 0 saturated carbocycles. The van der Waals surface area contributed by atoms with E-state index in [0.717, 1.165) is 48.6 Å². The minimum Gasteiger partial charge on any atom is -0.497 e. The second-order valence-electron chi connectivity index (χ2n) is 5.94. The molecule has 6 nitrogen and oxygen atoms in total. The van der Waals surface area contributed by atoms with Crippen molar-refractivity contribution in [3.63, 3.8) is 0 Å². The average molecular weight is 329 g/mol. The molecule has 3 rings (SSSR count). The molecule has 1 saturated heterocycles. The topological polar surface area (TPSA) is 67.6 Å². The molecule has 1 aliphatic heterocycles. The Morgan fingerprint density at radius 1 is 1.46 bits per heavy atom. The van der Waals surface area contributed by atoms with E-state index in [-0.39, 0.29) is 12.1 Å². The van der Waals surface area contributed by atoms with Gasteiger partial charge in [0.1, 0.15) is 5.75 Å². The quantitative estimate of drug-likeness (QED) is 0.914. The Bertz CT molecular complexity index is 698. The highest BCUT2D eigenvalue weighted by Crippen LogP contribution is 2.32. The largest absolute Gasteiger partial charge is 0.497 e. The van der Waals surface area contributed by atoms with Crippen LogP contribution in [0.4, 0.5) is 4.79 Å². The first-order chi connectivity index (χ1) is 11.7. The van der Waals surface area contributed by atoms with E-state index in [1.807, 2.05) is 42.2 Å². The maximum Gasteiger partial charge on any atom is 0.318 e. The van der Waals surface area contributed by atoms with Crippen LogP contribution in [0.2, 0.25) is 0 Å². The van der Waals surface area contributed by atoms with E-state index in [2.05, 4.69) is 10.5 Å². The van der Waals surface area contributed by atoms with E-state index in [1.54, 1.807) is 7.11 Å². The molecule has 0 unspecified atom stereocenters. The number of nitrogens with zero attached hydrogens (tertiary/aromatic N) is 2. The zero-order valence-corrected chi connectivity index (χ0v) is 14.1. The lowest BCUT2D eigenvalue weighted by atomic mass is 10.1. The summed E-state index contributed by atoms with van der Waals surface area (Å²) in [5.74, 6) is 1.57. The molecule has 1 aliphatic rings. The molecule has 1 atom stereocenters. The summed E-state index contributed by atoms with van der Waals surface area (Å²) in [6.07, 6.45) is 2.71. The van der Waals surface area contributed by atoms with Gasteiger partial charge in [0.15, 0.2) is 5.76 Å². The molecule has 2 heterocycles. The number of benzene rings is 1. The second-order valence-corrected chi connectivity index (χ2v) is 5.94. The van der Waals surface area contributed by atoms with Crippen LogP contribution in [0.1, 0.15) is 42.8 Å². The molecular weight excluding hydrogens is 306 g/mol. The molecule has 128 valence electrons. The van der Waals surface area contributed by atoms with Gasteiger partial charge in [-0.3, -0.25) is 0 Å². The van der Waals surface area contributed by atoms with Crippen LogP contribution < -0.4 is 10.1 Å². The van der Waals surface area contributed by atoms with E-state index in [0.29, 0.717) is 6.54 Å². The van der Waals surface area contributed by atoms with Crippen LogP contribution in [0.3, 0.4) is 0 Å². The molecule has 24 heavy (non-hydrogen) atoms. The van der Waals surface area contributed by atoms with E-state index >= 15 is 0 Å². The molecule has 0 aliphatic carbocycles. The van der Waals surface area contributed by atoms with Crippen LogP contribution in [0, 0.1) is 0 Å². The molecule has 2 amide bonds. The summed E-state index contributed by atoms with van der Waals surface area (Å²) >= 11 is 0. The number of likely N-dealkylation sites (tertiary alicyclic amines) is 1. The number of amides is 2. The third-order valence-corrected chi connectivity index (χ3v) is 4.36. The van der Waals surface area contributed by atoms with Crippen molar-refractivity contribution in [2.24, 2.45) is 0 Å². The molecule has 6 heteroatoms. The van der Waals surface area contributed by atoms with Crippen LogP contribution in [0.15, 0.2) is 34.9 Å². The fourth-order valence-electron chi connectivity index (χ4n) is 3.02. The number of urea groups is 1. The van der Waals surface area contributed by atoms with Crippen molar-refractivity contribution in [3.8, 4) is 5.75 Å². The molecule has 0 radical (unpaired) electrons. The van der Waals surface area contributed by atoms with Crippen molar-refractivity contribution in [2.45, 2.75) is 38.8 Å². The first kappa shape index (κ1) is 16.4. The number of aryl methyl sites for hydroxylation is 1. The minimum atomic E-state index is -0.0743. The van der Waals surface area contributed by atoms with Gasteiger partial charge >= 0.3 is 6.03 Å². The fourth-order valence-corrected chi connectivity index (χ4v) is 3.02. The summed E-state index contributed by atoms with van der Waals surface area (Å²) in [5, 5.41) is 7.02. The summed E-state index contributed by atoms with van der Waals surface area (Å²) in [4.78, 5) is 14.4. The standard InChI is InChI=1S/C18H23N3O3/c1-3-14-11-17(24-20-14)16-8-5-9-21(16)18(22)19-12-13-6-4-7-15(10-13)23-2/h4,6-7,10-11,16H,3,5,8-9,12H2,1-2H3,(H,19,22)/t16-/m1/s1. The van der Waals surface area contributed by atoms with Crippen LogP contribution in [-0.2, 0) is 13.0 Å². The number of aromatic nitrogens is 1. The van der Waals surface area contributed by atoms with Crippen LogP contribution >= 0.6 is 0 Å². The van der Waals surface area contributed by atoms with Crippen molar-refractivity contribution in [2.75, 3.05) is 13.7 Å². The Morgan fingerprint density at radius 3 is 3.08 bits per heavy atom. The Labute approximate surface area is 141 Å². The number of nitrogens with one attached hydrogen (secondary N) is 1. The number of ether oxygens (including phenoxy) is 1. The number of rotatable bonds is 5. The van der Waals surface area contributed by atoms with Gasteiger partial charge in [0.25, 0.3) is 0 Å². The summed E-state index contributed by atoms with van der Waals surface area (Å²) < 4.78 is 10.6. The van der Waals surface area contributed by atoms with Gasteiger partial charge in [-0.1, -0.05) is 24.2 Å². The van der Waals surface area contributed by atoms with Gasteiger partial charge in [-0.15, -0.1) is 0 Å². The number of hydrogen-bond donors (Lipinski definition) is 1. The lowest BCUT2D eigenvalue weighted by Crippen LogP contribution is -2.39. The van der Waals surface area contributed by atoms with Gasteiger partial charge in [-0.2, -0.15) is 0 Å². The number of hydrogen-bond acceptors (Lipinski definition) is 4. The molecule has 1 aromatic carbocycles. The third kappa shape index (κ3) is 3.53. The monoisotopic (exact) mass is 329 g/mol. The van der Waals surface area contributed by atoms with Crippen molar-refractivity contribution in [3.05, 3.63) is 47.3 Å². The first-order valence-corrected chi connectivity index (χ1v) is 8.34. The molecule has 1 fully saturated rings. The average Bonchev–Trinajstić information content (AvgIpc) is 3.28. The molecule has 2 aromatic rings. The van der Waals surface area contributed by atoms with E-state index < -0.39 is 0 Å². The molecular formula is C18H23N3O3. The number of carbonyl (C=O) groups excluding carboxylic acids is 1. The second kappa shape index (κ2) is 7.38. The Morgan fingerprint density at radius 2 is 2.33 bits per heavy atom. The lowest BCUT2D eigenvalue weighted by molar-refractivity contribution is 0.182. The van der Waals surface area contributed by atoms with Crippen LogP contribution in [0.25, 0.3) is 0 Å². The Kier molecular flexibility index (Phi) is 5.03. The summed E-state index contributed by atoms with van der Waals surface area (Å²) in [6.45, 7) is 3.24. The predicted octanol–water partition coefficient (Wildman–Crippen LogP) is 3.29. The highest BCUT2D eigenvalue weighted by atomic mass is 16.5. The first-order valence-electron chi connectivity index (χ1n) is 8.34. The maximum absolute atomic E-state index is 12.6. The van der Waals surface area contributed by atoms with Gasteiger partial charge in [-0.05, 0) is 37.0 Å². The van der Waals surface area contributed by atoms with Gasteiger partial charge in [-0.25, -0.2) is 4.79 Å². The van der Waals surface area contributed by atoms with E-state index in [1.165, 1.54) is 0 Å². The zero-order valence-electron chi connectivity index (χ0n) is 14.1. The minimum absolute atomic E-state index is 0.0249. The summed E-state index contributed by atoms with van der Waals surface area (Å²) in [5.41, 5.74) is 1.93.